The van der Waals surface area contributed by atoms with Crippen LogP contribution >= 0.6 is 11.8 Å². The molecule has 114 valence electrons. The predicted octanol–water partition coefficient (Wildman–Crippen LogP) is 2.98. The van der Waals surface area contributed by atoms with Crippen molar-refractivity contribution in [3.05, 3.63) is 29.8 Å². The number of hydrogen-bond donors (Lipinski definition) is 0. The van der Waals surface area contributed by atoms with Crippen LogP contribution in [0.15, 0.2) is 29.2 Å². The fourth-order valence-electron chi connectivity index (χ4n) is 3.32. The van der Waals surface area contributed by atoms with Crippen LogP contribution in [0, 0.1) is 5.92 Å². The van der Waals surface area contributed by atoms with E-state index in [0.29, 0.717) is 11.9 Å². The predicted molar refractivity (Wildman–Crippen MR) is 85.6 cm³/mol. The lowest BCUT2D eigenvalue weighted by Gasteiger charge is -2.32. The summed E-state index contributed by atoms with van der Waals surface area (Å²) >= 11 is 1.99. The number of fused-ring (bicyclic) bond motifs is 1. The first-order valence-corrected chi connectivity index (χ1v) is 8.77. The van der Waals surface area contributed by atoms with Crippen molar-refractivity contribution in [2.75, 3.05) is 26.2 Å². The van der Waals surface area contributed by atoms with Crippen LogP contribution in [0.5, 0.6) is 0 Å². The lowest BCUT2D eigenvalue weighted by atomic mass is 9.98. The molecule has 0 N–H and O–H groups in total. The van der Waals surface area contributed by atoms with Gasteiger partial charge in [-0.3, -0.25) is 4.79 Å². The Bertz CT molecular complexity index is 480. The van der Waals surface area contributed by atoms with Gasteiger partial charge in [0, 0.05) is 23.2 Å². The van der Waals surface area contributed by atoms with Crippen molar-refractivity contribution in [1.82, 2.24) is 4.90 Å². The number of nitrogens with zero attached hydrogens (tertiary/aromatic N) is 1. The van der Waals surface area contributed by atoms with Gasteiger partial charge in [-0.1, -0.05) is 18.2 Å². The van der Waals surface area contributed by atoms with E-state index in [2.05, 4.69) is 29.2 Å². The summed E-state index contributed by atoms with van der Waals surface area (Å²) in [4.78, 5) is 15.8. The van der Waals surface area contributed by atoms with Crippen molar-refractivity contribution in [3.8, 4) is 0 Å². The maximum atomic E-state index is 11.9. The van der Waals surface area contributed by atoms with E-state index in [1.807, 2.05) is 18.7 Å². The average molecular weight is 305 g/mol. The highest BCUT2D eigenvalue weighted by Crippen LogP contribution is 2.37. The lowest BCUT2D eigenvalue weighted by Crippen LogP contribution is -2.42. The molecule has 0 radical (unpaired) electrons. The molecule has 0 bridgehead atoms. The first-order valence-electron chi connectivity index (χ1n) is 7.90. The van der Waals surface area contributed by atoms with Crippen LogP contribution in [0.3, 0.4) is 0 Å². The fourth-order valence-corrected chi connectivity index (χ4v) is 4.68. The minimum absolute atomic E-state index is 0.00967. The van der Waals surface area contributed by atoms with Crippen molar-refractivity contribution in [1.29, 1.82) is 0 Å². The van der Waals surface area contributed by atoms with Gasteiger partial charge < -0.3 is 9.64 Å². The summed E-state index contributed by atoms with van der Waals surface area (Å²) < 4.78 is 5.18. The van der Waals surface area contributed by atoms with E-state index in [1.165, 1.54) is 10.5 Å². The molecule has 1 fully saturated rings. The van der Waals surface area contributed by atoms with Crippen molar-refractivity contribution < 1.29 is 9.53 Å². The van der Waals surface area contributed by atoms with Crippen molar-refractivity contribution in [2.24, 2.45) is 5.92 Å². The van der Waals surface area contributed by atoms with Crippen molar-refractivity contribution >= 4 is 17.7 Å². The number of ether oxygens (including phenoxy) is 1. The molecule has 1 aromatic rings. The fraction of sp³-hybridized carbons (Fsp3) is 0.588. The highest BCUT2D eigenvalue weighted by Gasteiger charge is 2.30. The highest BCUT2D eigenvalue weighted by atomic mass is 32.2. The zero-order valence-electron chi connectivity index (χ0n) is 12.6. The number of esters is 1. The van der Waals surface area contributed by atoms with E-state index < -0.39 is 0 Å². The maximum absolute atomic E-state index is 11.9. The maximum Gasteiger partial charge on any atom is 0.310 e. The standard InChI is InChI=1S/C17H23NO2S/c1-2-20-17(19)14-7-5-9-18(11-14)12-15-10-13-6-3-4-8-16(13)21-15/h3-4,6,8,14-15H,2,5,7,9-12H2,1H3/t14-,15?/m0/s1. The van der Waals surface area contributed by atoms with Gasteiger partial charge in [-0.15, -0.1) is 11.8 Å². The monoisotopic (exact) mass is 305 g/mol. The third-order valence-electron chi connectivity index (χ3n) is 4.30. The second-order valence-corrected chi connectivity index (χ2v) is 7.24. The number of carbonyl (C=O) groups excluding carboxylic acids is 1. The molecule has 0 saturated carbocycles. The Morgan fingerprint density at radius 1 is 1.43 bits per heavy atom. The Balaban J connectivity index is 1.53. The Morgan fingerprint density at radius 3 is 3.10 bits per heavy atom. The summed E-state index contributed by atoms with van der Waals surface area (Å²) in [6.07, 6.45) is 3.24. The van der Waals surface area contributed by atoms with Crippen LogP contribution in [0.1, 0.15) is 25.3 Å². The molecule has 3 nitrogen and oxygen atoms in total. The molecular formula is C17H23NO2S. The number of likely N-dealkylation sites (tertiary alicyclic amines) is 1. The first-order chi connectivity index (χ1) is 10.3. The van der Waals surface area contributed by atoms with Gasteiger partial charge in [0.15, 0.2) is 0 Å². The largest absolute Gasteiger partial charge is 0.466 e. The third kappa shape index (κ3) is 3.61. The van der Waals surface area contributed by atoms with E-state index in [-0.39, 0.29) is 11.9 Å². The number of thioether (sulfide) groups is 1. The van der Waals surface area contributed by atoms with Gasteiger partial charge in [0.1, 0.15) is 0 Å². The number of carbonyl (C=O) groups is 1. The molecule has 4 heteroatoms. The van der Waals surface area contributed by atoms with Gasteiger partial charge in [0.2, 0.25) is 0 Å². The Labute approximate surface area is 131 Å². The number of piperidine rings is 1. The average Bonchev–Trinajstić information content (AvgIpc) is 2.90. The minimum Gasteiger partial charge on any atom is -0.466 e. The summed E-state index contributed by atoms with van der Waals surface area (Å²) in [5, 5.41) is 0.628. The molecule has 1 aromatic carbocycles. The summed E-state index contributed by atoms with van der Waals surface area (Å²) in [6.45, 7) is 5.43. The van der Waals surface area contributed by atoms with Crippen LogP contribution < -0.4 is 0 Å². The van der Waals surface area contributed by atoms with Crippen LogP contribution in [-0.2, 0) is 16.0 Å². The Kier molecular flexibility index (Phi) is 4.86. The van der Waals surface area contributed by atoms with Gasteiger partial charge in [-0.25, -0.2) is 0 Å². The zero-order chi connectivity index (χ0) is 14.7. The van der Waals surface area contributed by atoms with Gasteiger partial charge >= 0.3 is 5.97 Å². The molecule has 2 atom stereocenters. The molecule has 1 unspecified atom stereocenters. The molecule has 1 saturated heterocycles. The van der Waals surface area contributed by atoms with E-state index >= 15 is 0 Å². The van der Waals surface area contributed by atoms with Gasteiger partial charge in [-0.2, -0.15) is 0 Å². The van der Waals surface area contributed by atoms with E-state index in [4.69, 9.17) is 4.74 Å². The molecular weight excluding hydrogens is 282 g/mol. The quantitative estimate of drug-likeness (QED) is 0.800. The molecule has 2 aliphatic rings. The molecule has 21 heavy (non-hydrogen) atoms. The van der Waals surface area contributed by atoms with Crippen molar-refractivity contribution in [3.63, 3.8) is 0 Å². The summed E-state index contributed by atoms with van der Waals surface area (Å²) in [5.41, 5.74) is 1.48. The first kappa shape index (κ1) is 14.9. The molecule has 3 rings (SSSR count). The van der Waals surface area contributed by atoms with Crippen LogP contribution in [0.4, 0.5) is 0 Å². The summed E-state index contributed by atoms with van der Waals surface area (Å²) in [5.74, 6) is 0.0667. The van der Waals surface area contributed by atoms with Crippen LogP contribution in [0.2, 0.25) is 0 Å². The molecule has 0 amide bonds. The molecule has 0 aromatic heterocycles. The summed E-state index contributed by atoms with van der Waals surface area (Å²) in [7, 11) is 0. The highest BCUT2D eigenvalue weighted by molar-refractivity contribution is 8.00. The van der Waals surface area contributed by atoms with Crippen molar-refractivity contribution in [2.45, 2.75) is 36.3 Å². The normalized spacial score (nSPS) is 25.6. The Hall–Kier alpha value is -1.00. The number of hydrogen-bond acceptors (Lipinski definition) is 4. The second kappa shape index (κ2) is 6.84. The van der Waals surface area contributed by atoms with Crippen LogP contribution in [-0.4, -0.2) is 42.4 Å². The number of benzene rings is 1. The summed E-state index contributed by atoms with van der Waals surface area (Å²) in [6, 6.07) is 8.70. The second-order valence-electron chi connectivity index (χ2n) is 5.90. The molecule has 2 aliphatic heterocycles. The van der Waals surface area contributed by atoms with E-state index in [1.54, 1.807) is 0 Å². The number of rotatable bonds is 4. The van der Waals surface area contributed by atoms with Gasteiger partial charge in [-0.05, 0) is 44.4 Å². The lowest BCUT2D eigenvalue weighted by molar-refractivity contribution is -0.149. The van der Waals surface area contributed by atoms with Gasteiger partial charge in [0.05, 0.1) is 12.5 Å². The zero-order valence-corrected chi connectivity index (χ0v) is 13.4. The van der Waals surface area contributed by atoms with Gasteiger partial charge in [0.25, 0.3) is 0 Å². The minimum atomic E-state index is -0.00967. The topological polar surface area (TPSA) is 29.5 Å². The molecule has 2 heterocycles. The van der Waals surface area contributed by atoms with E-state index in [9.17, 15) is 4.79 Å². The molecule has 0 spiro atoms. The smallest absolute Gasteiger partial charge is 0.310 e. The third-order valence-corrected chi connectivity index (χ3v) is 5.60. The molecule has 0 aliphatic carbocycles. The SMILES string of the molecule is CCOC(=O)[C@H]1CCCN(CC2Cc3ccccc3S2)C1. The Morgan fingerprint density at radius 2 is 2.29 bits per heavy atom. The van der Waals surface area contributed by atoms with Crippen LogP contribution in [0.25, 0.3) is 0 Å². The van der Waals surface area contributed by atoms with E-state index in [0.717, 1.165) is 38.9 Å².